The van der Waals surface area contributed by atoms with Crippen LogP contribution in [0.5, 0.6) is 0 Å². The number of rotatable bonds is 3. The van der Waals surface area contributed by atoms with Crippen LogP contribution in [-0.4, -0.2) is 10.4 Å². The van der Waals surface area contributed by atoms with Gasteiger partial charge in [0.15, 0.2) is 5.78 Å². The van der Waals surface area contributed by atoms with E-state index in [2.05, 4.69) is 0 Å². The molecule has 0 aliphatic rings. The maximum atomic E-state index is 12.5. The lowest BCUT2D eigenvalue weighted by Crippen LogP contribution is -2.15. The Morgan fingerprint density at radius 1 is 1.10 bits per heavy atom. The molecule has 0 aliphatic heterocycles. The van der Waals surface area contributed by atoms with Crippen LogP contribution in [0.4, 0.5) is 0 Å². The zero-order chi connectivity index (χ0) is 14.1. The molecule has 2 aromatic carbocycles. The molecule has 0 fully saturated rings. The molecule has 0 saturated carbocycles. The monoisotopic (exact) mass is 283 g/mol. The van der Waals surface area contributed by atoms with Gasteiger partial charge in [-0.3, -0.25) is 4.79 Å². The van der Waals surface area contributed by atoms with Gasteiger partial charge in [-0.15, -0.1) is 0 Å². The van der Waals surface area contributed by atoms with Gasteiger partial charge in [0.25, 0.3) is 0 Å². The third-order valence-electron chi connectivity index (χ3n) is 3.54. The van der Waals surface area contributed by atoms with Crippen LogP contribution in [0.3, 0.4) is 0 Å². The third-order valence-corrected chi connectivity index (χ3v) is 3.77. The van der Waals surface area contributed by atoms with E-state index in [0.717, 1.165) is 16.5 Å². The molecule has 20 heavy (non-hydrogen) atoms. The number of fused-ring (bicyclic) bond motifs is 1. The summed E-state index contributed by atoms with van der Waals surface area (Å²) in [6, 6.07) is 16.8. The van der Waals surface area contributed by atoms with Gasteiger partial charge in [-0.05, 0) is 31.2 Å². The summed E-state index contributed by atoms with van der Waals surface area (Å²) in [6.07, 6.45) is 1.94. The first kappa shape index (κ1) is 12.9. The predicted octanol–water partition coefficient (Wildman–Crippen LogP) is 4.74. The van der Waals surface area contributed by atoms with Crippen molar-refractivity contribution in [3.05, 3.63) is 71.4 Å². The van der Waals surface area contributed by atoms with Gasteiger partial charge in [-0.2, -0.15) is 0 Å². The van der Waals surface area contributed by atoms with Crippen LogP contribution in [0.15, 0.2) is 60.8 Å². The van der Waals surface area contributed by atoms with Crippen molar-refractivity contribution in [2.24, 2.45) is 0 Å². The Labute approximate surface area is 122 Å². The van der Waals surface area contributed by atoms with Gasteiger partial charge >= 0.3 is 0 Å². The number of aromatic nitrogens is 1. The van der Waals surface area contributed by atoms with Crippen molar-refractivity contribution in [1.29, 1.82) is 0 Å². The summed E-state index contributed by atoms with van der Waals surface area (Å²) in [7, 11) is 0. The van der Waals surface area contributed by atoms with Crippen molar-refractivity contribution in [3.63, 3.8) is 0 Å². The fourth-order valence-corrected chi connectivity index (χ4v) is 2.62. The molecule has 0 N–H and O–H groups in total. The Morgan fingerprint density at radius 2 is 1.85 bits per heavy atom. The highest BCUT2D eigenvalue weighted by Gasteiger charge is 2.17. The van der Waals surface area contributed by atoms with Crippen LogP contribution in [0.2, 0.25) is 5.02 Å². The second-order valence-electron chi connectivity index (χ2n) is 4.83. The normalized spacial score (nSPS) is 12.5. The molecule has 1 aromatic heterocycles. The minimum atomic E-state index is -0.240. The molecule has 3 aromatic rings. The minimum Gasteiger partial charge on any atom is -0.337 e. The summed E-state index contributed by atoms with van der Waals surface area (Å²) >= 11 is 5.99. The molecular weight excluding hydrogens is 270 g/mol. The molecule has 0 amide bonds. The highest BCUT2D eigenvalue weighted by molar-refractivity contribution is 6.31. The number of hydrogen-bond donors (Lipinski definition) is 0. The minimum absolute atomic E-state index is 0.109. The quantitative estimate of drug-likeness (QED) is 0.637. The number of halogens is 1. The Morgan fingerprint density at radius 3 is 2.60 bits per heavy atom. The first-order valence-electron chi connectivity index (χ1n) is 6.52. The molecule has 0 bridgehead atoms. The summed E-state index contributed by atoms with van der Waals surface area (Å²) in [4.78, 5) is 12.5. The molecular formula is C17H14ClNO. The molecule has 1 heterocycles. The Hall–Kier alpha value is -2.06. The van der Waals surface area contributed by atoms with E-state index in [0.29, 0.717) is 5.02 Å². The SMILES string of the molecule is CC(C(=O)c1ccccc1)n1ccc2cc(Cl)ccc21. The smallest absolute Gasteiger partial charge is 0.185 e. The van der Waals surface area contributed by atoms with Crippen molar-refractivity contribution in [1.82, 2.24) is 4.57 Å². The number of carbonyl (C=O) groups excluding carboxylic acids is 1. The third kappa shape index (κ3) is 2.23. The maximum Gasteiger partial charge on any atom is 0.185 e. The number of Topliss-reactive ketones (excluding diaryl/α,β-unsaturated/α-hetero) is 1. The summed E-state index contributed by atoms with van der Waals surface area (Å²) < 4.78 is 1.99. The zero-order valence-electron chi connectivity index (χ0n) is 11.1. The molecule has 1 atom stereocenters. The van der Waals surface area contributed by atoms with Gasteiger partial charge < -0.3 is 4.57 Å². The van der Waals surface area contributed by atoms with Crippen molar-refractivity contribution in [3.8, 4) is 0 Å². The fraction of sp³-hybridized carbons (Fsp3) is 0.118. The highest BCUT2D eigenvalue weighted by Crippen LogP contribution is 2.25. The van der Waals surface area contributed by atoms with E-state index in [1.165, 1.54) is 0 Å². The van der Waals surface area contributed by atoms with E-state index < -0.39 is 0 Å². The van der Waals surface area contributed by atoms with Crippen LogP contribution in [0, 0.1) is 0 Å². The number of nitrogens with zero attached hydrogens (tertiary/aromatic N) is 1. The van der Waals surface area contributed by atoms with Crippen molar-refractivity contribution < 1.29 is 4.79 Å². The molecule has 0 saturated heterocycles. The molecule has 0 radical (unpaired) electrons. The van der Waals surface area contributed by atoms with Crippen LogP contribution < -0.4 is 0 Å². The van der Waals surface area contributed by atoms with Gasteiger partial charge in [0, 0.05) is 27.7 Å². The Kier molecular flexibility index (Phi) is 3.33. The van der Waals surface area contributed by atoms with E-state index in [-0.39, 0.29) is 11.8 Å². The Balaban J connectivity index is 2.01. The largest absolute Gasteiger partial charge is 0.337 e. The number of benzene rings is 2. The van der Waals surface area contributed by atoms with Gasteiger partial charge in [0.1, 0.15) is 0 Å². The topological polar surface area (TPSA) is 22.0 Å². The van der Waals surface area contributed by atoms with Gasteiger partial charge in [-0.25, -0.2) is 0 Å². The van der Waals surface area contributed by atoms with Crippen molar-refractivity contribution >= 4 is 28.3 Å². The van der Waals surface area contributed by atoms with Gasteiger partial charge in [0.05, 0.1) is 6.04 Å². The highest BCUT2D eigenvalue weighted by atomic mass is 35.5. The van der Waals surface area contributed by atoms with Crippen LogP contribution >= 0.6 is 11.6 Å². The average molecular weight is 284 g/mol. The number of carbonyl (C=O) groups is 1. The summed E-state index contributed by atoms with van der Waals surface area (Å²) in [5.41, 5.74) is 1.75. The lowest BCUT2D eigenvalue weighted by molar-refractivity contribution is 0.0937. The second kappa shape index (κ2) is 5.14. The number of hydrogen-bond acceptors (Lipinski definition) is 1. The summed E-state index contributed by atoms with van der Waals surface area (Å²) in [5.74, 6) is 0.109. The van der Waals surface area contributed by atoms with E-state index in [9.17, 15) is 4.79 Å². The first-order chi connectivity index (χ1) is 9.66. The van der Waals surface area contributed by atoms with Gasteiger partial charge in [-0.1, -0.05) is 41.9 Å². The second-order valence-corrected chi connectivity index (χ2v) is 5.27. The average Bonchev–Trinajstić information content (AvgIpc) is 2.89. The molecule has 3 rings (SSSR count). The van der Waals surface area contributed by atoms with E-state index >= 15 is 0 Å². The van der Waals surface area contributed by atoms with E-state index in [1.54, 1.807) is 0 Å². The first-order valence-corrected chi connectivity index (χ1v) is 6.90. The Bertz CT molecular complexity index is 761. The predicted molar refractivity (Wildman–Crippen MR) is 82.4 cm³/mol. The molecule has 0 spiro atoms. The van der Waals surface area contributed by atoms with Crippen LogP contribution in [0.25, 0.3) is 10.9 Å². The van der Waals surface area contributed by atoms with Crippen LogP contribution in [-0.2, 0) is 0 Å². The number of ketones is 1. The molecule has 100 valence electrons. The van der Waals surface area contributed by atoms with E-state index in [1.807, 2.05) is 72.3 Å². The van der Waals surface area contributed by atoms with Crippen molar-refractivity contribution in [2.45, 2.75) is 13.0 Å². The molecule has 3 heteroatoms. The molecule has 0 aliphatic carbocycles. The summed E-state index contributed by atoms with van der Waals surface area (Å²) in [5, 5.41) is 1.75. The molecule has 2 nitrogen and oxygen atoms in total. The molecule has 1 unspecified atom stereocenters. The lowest BCUT2D eigenvalue weighted by atomic mass is 10.1. The maximum absolute atomic E-state index is 12.5. The van der Waals surface area contributed by atoms with E-state index in [4.69, 9.17) is 11.6 Å². The van der Waals surface area contributed by atoms with Gasteiger partial charge in [0.2, 0.25) is 0 Å². The van der Waals surface area contributed by atoms with Crippen LogP contribution in [0.1, 0.15) is 23.3 Å². The standard InChI is InChI=1S/C17H14ClNO/c1-12(17(20)13-5-3-2-4-6-13)19-10-9-14-11-15(18)7-8-16(14)19/h2-12H,1H3. The van der Waals surface area contributed by atoms with Crippen molar-refractivity contribution in [2.75, 3.05) is 0 Å². The summed E-state index contributed by atoms with van der Waals surface area (Å²) in [6.45, 7) is 1.92. The lowest BCUT2D eigenvalue weighted by Gasteiger charge is -2.14. The zero-order valence-corrected chi connectivity index (χ0v) is 11.8. The fourth-order valence-electron chi connectivity index (χ4n) is 2.44.